The molecule has 1 aromatic rings. The smallest absolute Gasteiger partial charge is 0.358 e. The van der Waals surface area contributed by atoms with Crippen molar-refractivity contribution < 1.29 is 22.8 Å². The largest absolute Gasteiger partial charge is 0.464 e. The number of hydrogen-bond acceptors (Lipinski definition) is 7. The second kappa shape index (κ2) is 4.69. The van der Waals surface area contributed by atoms with Gasteiger partial charge in [-0.3, -0.25) is 4.84 Å². The Bertz CT molecular complexity index is 518. The van der Waals surface area contributed by atoms with E-state index in [1.54, 1.807) is 0 Å². The third kappa shape index (κ3) is 2.18. The zero-order valence-electron chi connectivity index (χ0n) is 8.95. The van der Waals surface area contributed by atoms with Crippen LogP contribution in [0.4, 0.5) is 0 Å². The fourth-order valence-electron chi connectivity index (χ4n) is 1.36. The van der Waals surface area contributed by atoms with Gasteiger partial charge in [-0.05, 0) is 6.42 Å². The zero-order chi connectivity index (χ0) is 12.5. The van der Waals surface area contributed by atoms with E-state index in [1.165, 1.54) is 12.6 Å². The third-order valence-corrected chi connectivity index (χ3v) is 5.16. The van der Waals surface area contributed by atoms with Crippen LogP contribution in [-0.2, 0) is 19.6 Å². The van der Waals surface area contributed by atoms with Gasteiger partial charge in [0.05, 0.1) is 19.2 Å². The minimum absolute atomic E-state index is 0.147. The Hall–Kier alpha value is -1.03. The molecule has 9 heteroatoms. The van der Waals surface area contributed by atoms with Crippen molar-refractivity contribution >= 4 is 27.3 Å². The van der Waals surface area contributed by atoms with E-state index in [9.17, 15) is 13.2 Å². The molecule has 7 nitrogen and oxygen atoms in total. The monoisotopic (exact) mass is 278 g/mol. The van der Waals surface area contributed by atoms with Crippen LogP contribution in [-0.4, -0.2) is 44.1 Å². The summed E-state index contributed by atoms with van der Waals surface area (Å²) in [4.78, 5) is 20.0. The van der Waals surface area contributed by atoms with Crippen molar-refractivity contribution in [2.24, 2.45) is 0 Å². The second-order valence-electron chi connectivity index (χ2n) is 3.20. The Morgan fingerprint density at radius 3 is 3.00 bits per heavy atom. The molecule has 1 aliphatic heterocycles. The van der Waals surface area contributed by atoms with Gasteiger partial charge < -0.3 is 4.74 Å². The summed E-state index contributed by atoms with van der Waals surface area (Å²) in [7, 11) is -2.64. The van der Waals surface area contributed by atoms with Crippen molar-refractivity contribution in [3.63, 3.8) is 0 Å². The number of esters is 1. The Balaban J connectivity index is 2.39. The molecule has 1 aliphatic rings. The number of nitrogens with zero attached hydrogens (tertiary/aromatic N) is 2. The fraction of sp³-hybridized carbons (Fsp3) is 0.500. The van der Waals surface area contributed by atoms with Crippen LogP contribution in [0.15, 0.2) is 9.72 Å². The molecule has 0 radical (unpaired) electrons. The average Bonchev–Trinajstić information content (AvgIpc) is 2.98. The van der Waals surface area contributed by atoms with Gasteiger partial charge in [-0.2, -0.15) is 0 Å². The number of carbonyl (C=O) groups excluding carboxylic acids is 1. The Morgan fingerprint density at radius 2 is 2.41 bits per heavy atom. The highest BCUT2D eigenvalue weighted by Crippen LogP contribution is 2.26. The van der Waals surface area contributed by atoms with E-state index in [1.807, 2.05) is 0 Å². The first-order valence-corrected chi connectivity index (χ1v) is 7.07. The molecule has 94 valence electrons. The van der Waals surface area contributed by atoms with Crippen LogP contribution in [0.2, 0.25) is 0 Å². The minimum Gasteiger partial charge on any atom is -0.464 e. The van der Waals surface area contributed by atoms with E-state index in [0.29, 0.717) is 13.0 Å². The van der Waals surface area contributed by atoms with Gasteiger partial charge in [0.25, 0.3) is 10.0 Å². The molecule has 0 bridgehead atoms. The fourth-order valence-corrected chi connectivity index (χ4v) is 3.87. The maximum Gasteiger partial charge on any atom is 0.358 e. The molecule has 0 N–H and O–H groups in total. The summed E-state index contributed by atoms with van der Waals surface area (Å²) in [6.07, 6.45) is 0.631. The minimum atomic E-state index is -3.81. The van der Waals surface area contributed by atoms with Crippen molar-refractivity contribution in [1.29, 1.82) is 0 Å². The standard InChI is InChI=1S/C8H10N2O5S2/c1-14-7(11)6-8(16-5-9-6)17(12,13)10-3-2-4-15-10/h5H,2-4H2,1H3. The molecule has 2 rings (SSSR count). The number of rotatable bonds is 3. The molecule has 1 fully saturated rings. The highest BCUT2D eigenvalue weighted by atomic mass is 32.2. The summed E-state index contributed by atoms with van der Waals surface area (Å²) in [6.45, 7) is 0.631. The number of ether oxygens (including phenoxy) is 1. The maximum absolute atomic E-state index is 12.1. The van der Waals surface area contributed by atoms with Gasteiger partial charge in [0, 0.05) is 6.54 Å². The van der Waals surface area contributed by atoms with Crippen LogP contribution in [0.3, 0.4) is 0 Å². The number of hydrogen-bond donors (Lipinski definition) is 0. The van der Waals surface area contributed by atoms with Gasteiger partial charge in [0.15, 0.2) is 9.90 Å². The SMILES string of the molecule is COC(=O)c1ncsc1S(=O)(=O)N1CCCO1. The highest BCUT2D eigenvalue weighted by Gasteiger charge is 2.34. The predicted molar refractivity (Wildman–Crippen MR) is 57.9 cm³/mol. The molecule has 0 atom stereocenters. The van der Waals surface area contributed by atoms with Crippen molar-refractivity contribution in [2.75, 3.05) is 20.3 Å². The summed E-state index contributed by atoms with van der Waals surface area (Å²) in [5.74, 6) is -0.774. The summed E-state index contributed by atoms with van der Waals surface area (Å²) < 4.78 is 29.4. The molecule has 0 amide bonds. The number of hydroxylamine groups is 1. The quantitative estimate of drug-likeness (QED) is 0.737. The first-order valence-electron chi connectivity index (χ1n) is 4.75. The highest BCUT2D eigenvalue weighted by molar-refractivity contribution is 7.91. The van der Waals surface area contributed by atoms with E-state index >= 15 is 0 Å². The van der Waals surface area contributed by atoms with Gasteiger partial charge in [0.1, 0.15) is 0 Å². The first kappa shape index (κ1) is 12.4. The van der Waals surface area contributed by atoms with Gasteiger partial charge in [-0.1, -0.05) is 4.47 Å². The molecule has 0 aromatic carbocycles. The molecule has 2 heterocycles. The Morgan fingerprint density at radius 1 is 1.65 bits per heavy atom. The summed E-state index contributed by atoms with van der Waals surface area (Å²) >= 11 is 0.865. The normalized spacial score (nSPS) is 17.2. The summed E-state index contributed by atoms with van der Waals surface area (Å²) in [6, 6.07) is 0. The van der Waals surface area contributed by atoms with Crippen molar-refractivity contribution in [2.45, 2.75) is 10.6 Å². The van der Waals surface area contributed by atoms with Crippen LogP contribution in [0, 0.1) is 0 Å². The van der Waals surface area contributed by atoms with Gasteiger partial charge >= 0.3 is 5.97 Å². The molecule has 17 heavy (non-hydrogen) atoms. The first-order chi connectivity index (χ1) is 8.07. The van der Waals surface area contributed by atoms with Crippen LogP contribution >= 0.6 is 11.3 Å². The van der Waals surface area contributed by atoms with E-state index in [2.05, 4.69) is 9.72 Å². The van der Waals surface area contributed by atoms with E-state index < -0.39 is 16.0 Å². The van der Waals surface area contributed by atoms with Gasteiger partial charge in [-0.25, -0.2) is 18.2 Å². The number of carbonyl (C=O) groups is 1. The van der Waals surface area contributed by atoms with Crippen molar-refractivity contribution in [1.82, 2.24) is 9.45 Å². The molecular weight excluding hydrogens is 268 g/mol. The molecule has 0 spiro atoms. The summed E-state index contributed by atoms with van der Waals surface area (Å²) in [5, 5.41) is 0. The number of sulfonamides is 1. The number of aromatic nitrogens is 1. The van der Waals surface area contributed by atoms with Gasteiger partial charge in [0.2, 0.25) is 0 Å². The molecular formula is C8H10N2O5S2. The number of thiazole rings is 1. The maximum atomic E-state index is 12.1. The van der Waals surface area contributed by atoms with E-state index in [-0.39, 0.29) is 16.4 Å². The molecule has 1 aromatic heterocycles. The van der Waals surface area contributed by atoms with Crippen LogP contribution in [0.5, 0.6) is 0 Å². The van der Waals surface area contributed by atoms with Crippen LogP contribution in [0.1, 0.15) is 16.9 Å². The summed E-state index contributed by atoms with van der Waals surface area (Å²) in [5.41, 5.74) is 1.09. The van der Waals surface area contributed by atoms with Crippen LogP contribution in [0.25, 0.3) is 0 Å². The molecule has 0 unspecified atom stereocenters. The van der Waals surface area contributed by atoms with E-state index in [4.69, 9.17) is 4.84 Å². The van der Waals surface area contributed by atoms with Crippen LogP contribution < -0.4 is 0 Å². The lowest BCUT2D eigenvalue weighted by Gasteiger charge is -2.12. The molecule has 0 saturated carbocycles. The van der Waals surface area contributed by atoms with Crippen molar-refractivity contribution in [3.8, 4) is 0 Å². The molecule has 0 aliphatic carbocycles. The van der Waals surface area contributed by atoms with Crippen molar-refractivity contribution in [3.05, 3.63) is 11.2 Å². The lowest BCUT2D eigenvalue weighted by molar-refractivity contribution is -0.0283. The lowest BCUT2D eigenvalue weighted by Crippen LogP contribution is -2.27. The second-order valence-corrected chi connectivity index (χ2v) is 6.08. The molecule has 1 saturated heterocycles. The Kier molecular flexibility index (Phi) is 3.43. The average molecular weight is 278 g/mol. The van der Waals surface area contributed by atoms with Gasteiger partial charge in [-0.15, -0.1) is 11.3 Å². The number of methoxy groups -OCH3 is 1. The Labute approximate surface area is 102 Å². The lowest BCUT2D eigenvalue weighted by atomic mass is 10.5. The van der Waals surface area contributed by atoms with E-state index in [0.717, 1.165) is 15.8 Å². The topological polar surface area (TPSA) is 85.8 Å². The third-order valence-electron chi connectivity index (χ3n) is 2.14. The predicted octanol–water partition coefficient (Wildman–Crippen LogP) is 0.256. The zero-order valence-corrected chi connectivity index (χ0v) is 10.6.